The molecular weight excluding hydrogens is 314 g/mol. The summed E-state index contributed by atoms with van der Waals surface area (Å²) >= 11 is 0. The van der Waals surface area contributed by atoms with Gasteiger partial charge in [-0.15, -0.1) is 0 Å². The number of nitrogens with one attached hydrogen (secondary N) is 1. The fraction of sp³-hybridized carbons (Fsp3) is 0.300. The molecule has 2 aromatic carbocycles. The second-order valence-corrected chi connectivity index (χ2v) is 6.89. The van der Waals surface area contributed by atoms with Crippen LogP contribution >= 0.6 is 0 Å². The molecule has 0 saturated heterocycles. The lowest BCUT2D eigenvalue weighted by Crippen LogP contribution is -2.56. The van der Waals surface area contributed by atoms with E-state index in [9.17, 15) is 9.59 Å². The first-order valence-corrected chi connectivity index (χ1v) is 8.35. The maximum Gasteiger partial charge on any atom is 0.252 e. The Balaban J connectivity index is 1.79. The van der Waals surface area contributed by atoms with E-state index in [4.69, 9.17) is 0 Å². The number of fused-ring (bicyclic) bond motifs is 1. The van der Waals surface area contributed by atoms with Crippen molar-refractivity contribution in [2.45, 2.75) is 25.9 Å². The van der Waals surface area contributed by atoms with E-state index in [1.807, 2.05) is 68.4 Å². The summed E-state index contributed by atoms with van der Waals surface area (Å²) < 4.78 is 0. The van der Waals surface area contributed by atoms with Crippen molar-refractivity contribution in [3.05, 3.63) is 60.2 Å². The molecule has 5 nitrogen and oxygen atoms in total. The number of carbonyl (C=O) groups is 2. The molecule has 130 valence electrons. The number of amides is 2. The van der Waals surface area contributed by atoms with Crippen LogP contribution in [0.2, 0.25) is 0 Å². The first-order valence-electron chi connectivity index (χ1n) is 8.35. The van der Waals surface area contributed by atoms with Crippen LogP contribution < -0.4 is 10.2 Å². The molecule has 2 aromatic rings. The van der Waals surface area contributed by atoms with Gasteiger partial charge in [-0.1, -0.05) is 42.5 Å². The molecule has 2 amide bonds. The topological polar surface area (TPSA) is 52.7 Å². The Labute approximate surface area is 148 Å². The van der Waals surface area contributed by atoms with Crippen LogP contribution in [0.1, 0.15) is 19.4 Å². The highest BCUT2D eigenvalue weighted by Crippen LogP contribution is 2.34. The number of carbonyl (C=O) groups excluding carboxylic acids is 2. The number of benzene rings is 2. The Kier molecular flexibility index (Phi) is 4.49. The highest BCUT2D eigenvalue weighted by atomic mass is 16.2. The summed E-state index contributed by atoms with van der Waals surface area (Å²) in [5, 5.41) is 3.24. The van der Waals surface area contributed by atoms with Crippen molar-refractivity contribution in [2.75, 3.05) is 23.8 Å². The molecule has 0 unspecified atom stereocenters. The summed E-state index contributed by atoms with van der Waals surface area (Å²) in [5.41, 5.74) is 1.93. The van der Waals surface area contributed by atoms with Gasteiger partial charge in [0.25, 0.3) is 5.91 Å². The first-order chi connectivity index (χ1) is 11.9. The van der Waals surface area contributed by atoms with Crippen molar-refractivity contribution in [1.82, 2.24) is 4.90 Å². The number of para-hydroxylation sites is 2. The van der Waals surface area contributed by atoms with Gasteiger partial charge in [-0.2, -0.15) is 0 Å². The lowest BCUT2D eigenvalue weighted by Gasteiger charge is -2.40. The molecule has 0 atom stereocenters. The van der Waals surface area contributed by atoms with Crippen LogP contribution in [0.3, 0.4) is 0 Å². The third-order valence-electron chi connectivity index (χ3n) is 4.40. The Morgan fingerprint density at radius 3 is 2.44 bits per heavy atom. The van der Waals surface area contributed by atoms with Crippen molar-refractivity contribution in [3.8, 4) is 0 Å². The SMILES string of the molecule is CN(Cc1ccccc1)C(=O)CN1C(=O)C(C)(C)Nc2ccccc21. The standard InChI is InChI=1S/C20H23N3O2/c1-20(2)19(25)23(17-12-8-7-11-16(17)21-20)14-18(24)22(3)13-15-9-5-4-6-10-15/h4-12,21H,13-14H2,1-3H3. The molecule has 0 radical (unpaired) electrons. The molecule has 0 saturated carbocycles. The molecule has 0 aliphatic carbocycles. The van der Waals surface area contributed by atoms with Crippen LogP contribution in [-0.2, 0) is 16.1 Å². The van der Waals surface area contributed by atoms with Crippen molar-refractivity contribution in [3.63, 3.8) is 0 Å². The van der Waals surface area contributed by atoms with Crippen LogP contribution in [0, 0.1) is 0 Å². The van der Waals surface area contributed by atoms with E-state index in [0.717, 1.165) is 16.9 Å². The third kappa shape index (κ3) is 3.50. The predicted molar refractivity (Wildman–Crippen MR) is 99.4 cm³/mol. The average Bonchev–Trinajstić information content (AvgIpc) is 2.59. The largest absolute Gasteiger partial charge is 0.370 e. The Bertz CT molecular complexity index is 787. The van der Waals surface area contributed by atoms with Gasteiger partial charge in [0.2, 0.25) is 5.91 Å². The van der Waals surface area contributed by atoms with E-state index in [0.29, 0.717) is 6.54 Å². The van der Waals surface area contributed by atoms with Gasteiger partial charge in [0.15, 0.2) is 0 Å². The zero-order valence-corrected chi connectivity index (χ0v) is 14.8. The minimum absolute atomic E-state index is 0.0320. The molecule has 5 heteroatoms. The summed E-state index contributed by atoms with van der Waals surface area (Å²) in [6.45, 7) is 4.21. The van der Waals surface area contributed by atoms with Gasteiger partial charge in [-0.25, -0.2) is 0 Å². The van der Waals surface area contributed by atoms with Crippen molar-refractivity contribution < 1.29 is 9.59 Å². The van der Waals surface area contributed by atoms with Gasteiger partial charge >= 0.3 is 0 Å². The zero-order chi connectivity index (χ0) is 18.0. The average molecular weight is 337 g/mol. The van der Waals surface area contributed by atoms with Gasteiger partial charge in [-0.05, 0) is 31.5 Å². The number of hydrogen-bond acceptors (Lipinski definition) is 3. The normalized spacial score (nSPS) is 15.3. The number of likely N-dealkylation sites (N-methyl/N-ethyl adjacent to an activating group) is 1. The van der Waals surface area contributed by atoms with Crippen molar-refractivity contribution in [2.24, 2.45) is 0 Å². The molecule has 3 rings (SSSR count). The summed E-state index contributed by atoms with van der Waals surface area (Å²) in [7, 11) is 1.76. The molecule has 0 fully saturated rings. The highest BCUT2D eigenvalue weighted by Gasteiger charge is 2.39. The summed E-state index contributed by atoms with van der Waals surface area (Å²) in [6.07, 6.45) is 0. The summed E-state index contributed by atoms with van der Waals surface area (Å²) in [4.78, 5) is 28.7. The van der Waals surface area contributed by atoms with E-state index in [1.165, 1.54) is 0 Å². The molecular formula is C20H23N3O2. The molecule has 25 heavy (non-hydrogen) atoms. The molecule has 1 aliphatic heterocycles. The van der Waals surface area contributed by atoms with Gasteiger partial charge in [-0.3, -0.25) is 14.5 Å². The van der Waals surface area contributed by atoms with Crippen molar-refractivity contribution in [1.29, 1.82) is 0 Å². The molecule has 0 aromatic heterocycles. The Morgan fingerprint density at radius 2 is 1.72 bits per heavy atom. The minimum Gasteiger partial charge on any atom is -0.370 e. The van der Waals surface area contributed by atoms with Crippen LogP contribution in [-0.4, -0.2) is 35.8 Å². The van der Waals surface area contributed by atoms with Gasteiger partial charge < -0.3 is 10.2 Å². The molecule has 1 N–H and O–H groups in total. The van der Waals surface area contributed by atoms with Crippen LogP contribution in [0.5, 0.6) is 0 Å². The van der Waals surface area contributed by atoms with Crippen molar-refractivity contribution >= 4 is 23.2 Å². The van der Waals surface area contributed by atoms with E-state index < -0.39 is 5.54 Å². The van der Waals surface area contributed by atoms with E-state index in [2.05, 4.69) is 5.32 Å². The smallest absolute Gasteiger partial charge is 0.252 e. The zero-order valence-electron chi connectivity index (χ0n) is 14.8. The quantitative estimate of drug-likeness (QED) is 0.933. The van der Waals surface area contributed by atoms with Gasteiger partial charge in [0.05, 0.1) is 11.4 Å². The monoisotopic (exact) mass is 337 g/mol. The summed E-state index contributed by atoms with van der Waals surface area (Å²) in [6, 6.07) is 17.4. The third-order valence-corrected chi connectivity index (χ3v) is 4.40. The molecule has 0 bridgehead atoms. The Hall–Kier alpha value is -2.82. The number of nitrogens with zero attached hydrogens (tertiary/aromatic N) is 2. The highest BCUT2D eigenvalue weighted by molar-refractivity contribution is 6.09. The molecule has 1 aliphatic rings. The van der Waals surface area contributed by atoms with Crippen LogP contribution in [0.4, 0.5) is 11.4 Å². The fourth-order valence-corrected chi connectivity index (χ4v) is 3.01. The number of rotatable bonds is 4. The van der Waals surface area contributed by atoms with Gasteiger partial charge in [0.1, 0.15) is 12.1 Å². The second-order valence-electron chi connectivity index (χ2n) is 6.89. The summed E-state index contributed by atoms with van der Waals surface area (Å²) in [5.74, 6) is -0.197. The fourth-order valence-electron chi connectivity index (χ4n) is 3.01. The second kappa shape index (κ2) is 6.59. The maximum atomic E-state index is 12.8. The number of anilines is 2. The molecule has 1 heterocycles. The van der Waals surface area contributed by atoms with Gasteiger partial charge in [0, 0.05) is 13.6 Å². The lowest BCUT2D eigenvalue weighted by molar-refractivity contribution is -0.131. The Morgan fingerprint density at radius 1 is 1.08 bits per heavy atom. The molecule has 0 spiro atoms. The van der Waals surface area contributed by atoms with Crippen LogP contribution in [0.15, 0.2) is 54.6 Å². The van der Waals surface area contributed by atoms with Crippen LogP contribution in [0.25, 0.3) is 0 Å². The first kappa shape index (κ1) is 17.0. The predicted octanol–water partition coefficient (Wildman–Crippen LogP) is 2.88. The van der Waals surface area contributed by atoms with E-state index in [1.54, 1.807) is 16.8 Å². The lowest BCUT2D eigenvalue weighted by atomic mass is 9.98. The maximum absolute atomic E-state index is 12.8. The minimum atomic E-state index is -0.743. The van der Waals surface area contributed by atoms with E-state index in [-0.39, 0.29) is 18.4 Å². The number of hydrogen-bond donors (Lipinski definition) is 1. The van der Waals surface area contributed by atoms with E-state index >= 15 is 0 Å².